The Morgan fingerprint density at radius 2 is 1.89 bits per heavy atom. The third kappa shape index (κ3) is 3.24. The summed E-state index contributed by atoms with van der Waals surface area (Å²) < 4.78 is 1.97. The molecule has 0 bridgehead atoms. The Morgan fingerprint density at radius 1 is 1.16 bits per heavy atom. The van der Waals surface area contributed by atoms with Crippen molar-refractivity contribution in [2.75, 3.05) is 0 Å². The van der Waals surface area contributed by atoms with Crippen LogP contribution in [0.15, 0.2) is 30.5 Å². The van der Waals surface area contributed by atoms with Gasteiger partial charge in [0.15, 0.2) is 0 Å². The van der Waals surface area contributed by atoms with Gasteiger partial charge in [-0.3, -0.25) is 4.68 Å². The van der Waals surface area contributed by atoms with Gasteiger partial charge in [-0.25, -0.2) is 0 Å². The van der Waals surface area contributed by atoms with Gasteiger partial charge >= 0.3 is 0 Å². The maximum atomic E-state index is 6.28. The Morgan fingerprint density at radius 3 is 2.47 bits per heavy atom. The van der Waals surface area contributed by atoms with E-state index in [1.165, 1.54) is 16.7 Å². The molecular formula is C16H23N3. The summed E-state index contributed by atoms with van der Waals surface area (Å²) in [6.07, 6.45) is 2.80. The molecule has 1 heterocycles. The molecule has 102 valence electrons. The Labute approximate surface area is 115 Å². The first-order valence-corrected chi connectivity index (χ1v) is 6.84. The molecule has 1 atom stereocenters. The van der Waals surface area contributed by atoms with Crippen LogP contribution in [-0.2, 0) is 6.42 Å². The molecule has 1 aromatic carbocycles. The first-order valence-electron chi connectivity index (χ1n) is 6.84. The molecule has 0 amide bonds. The zero-order valence-electron chi connectivity index (χ0n) is 12.2. The summed E-state index contributed by atoms with van der Waals surface area (Å²) in [5, 5.41) is 4.55. The molecule has 0 aliphatic carbocycles. The molecule has 0 radical (unpaired) electrons. The first-order chi connectivity index (χ1) is 8.97. The van der Waals surface area contributed by atoms with Crippen LogP contribution in [0.2, 0.25) is 0 Å². The number of aromatic nitrogens is 2. The van der Waals surface area contributed by atoms with E-state index in [9.17, 15) is 0 Å². The zero-order chi connectivity index (χ0) is 14.0. The average molecular weight is 257 g/mol. The lowest BCUT2D eigenvalue weighted by molar-refractivity contribution is 0.522. The summed E-state index contributed by atoms with van der Waals surface area (Å²) in [6.45, 7) is 8.49. The molecule has 0 spiro atoms. The lowest BCUT2D eigenvalue weighted by Gasteiger charge is -2.12. The fraction of sp³-hybridized carbons (Fsp3) is 0.438. The summed E-state index contributed by atoms with van der Waals surface area (Å²) in [4.78, 5) is 0. The second kappa shape index (κ2) is 5.57. The third-order valence-corrected chi connectivity index (χ3v) is 3.58. The van der Waals surface area contributed by atoms with Crippen LogP contribution in [0.1, 0.15) is 48.3 Å². The Bertz CT molecular complexity index is 555. The maximum Gasteiger partial charge on any atom is 0.0643 e. The van der Waals surface area contributed by atoms with Gasteiger partial charge in [0.2, 0.25) is 0 Å². The molecule has 2 N–H and O–H groups in total. The third-order valence-electron chi connectivity index (χ3n) is 3.58. The van der Waals surface area contributed by atoms with Gasteiger partial charge in [0.25, 0.3) is 0 Å². The number of aryl methyl sites for hydroxylation is 2. The van der Waals surface area contributed by atoms with Gasteiger partial charge in [-0.15, -0.1) is 0 Å². The van der Waals surface area contributed by atoms with Crippen molar-refractivity contribution in [3.05, 3.63) is 52.8 Å². The van der Waals surface area contributed by atoms with Crippen molar-refractivity contribution in [3.8, 4) is 0 Å². The van der Waals surface area contributed by atoms with Gasteiger partial charge in [0.05, 0.1) is 5.69 Å². The van der Waals surface area contributed by atoms with Gasteiger partial charge in [0.1, 0.15) is 0 Å². The minimum absolute atomic E-state index is 0.00909. The van der Waals surface area contributed by atoms with Crippen LogP contribution in [0.5, 0.6) is 0 Å². The Balaban J connectivity index is 2.11. The largest absolute Gasteiger partial charge is 0.324 e. The minimum atomic E-state index is 0.00909. The SMILES string of the molecule is Cc1ccc(C(N)Cc2ccn(C(C)C)n2)cc1C. The zero-order valence-corrected chi connectivity index (χ0v) is 12.2. The fourth-order valence-corrected chi connectivity index (χ4v) is 2.11. The van der Waals surface area contributed by atoms with E-state index in [2.05, 4.69) is 57.1 Å². The maximum absolute atomic E-state index is 6.28. The van der Waals surface area contributed by atoms with Crippen LogP contribution in [0, 0.1) is 13.8 Å². The van der Waals surface area contributed by atoms with E-state index in [1.54, 1.807) is 0 Å². The van der Waals surface area contributed by atoms with Crippen LogP contribution < -0.4 is 5.73 Å². The minimum Gasteiger partial charge on any atom is -0.324 e. The quantitative estimate of drug-likeness (QED) is 0.913. The van der Waals surface area contributed by atoms with Gasteiger partial charge in [-0.05, 0) is 50.5 Å². The highest BCUT2D eigenvalue weighted by Gasteiger charge is 2.10. The monoisotopic (exact) mass is 257 g/mol. The van der Waals surface area contributed by atoms with E-state index in [-0.39, 0.29) is 6.04 Å². The lowest BCUT2D eigenvalue weighted by atomic mass is 9.99. The summed E-state index contributed by atoms with van der Waals surface area (Å²) in [5.74, 6) is 0. The van der Waals surface area contributed by atoms with Crippen molar-refractivity contribution >= 4 is 0 Å². The van der Waals surface area contributed by atoms with E-state index in [0.29, 0.717) is 6.04 Å². The molecule has 3 nitrogen and oxygen atoms in total. The average Bonchev–Trinajstić information content (AvgIpc) is 2.81. The predicted octanol–water partition coefficient (Wildman–Crippen LogP) is 3.32. The highest BCUT2D eigenvalue weighted by molar-refractivity contribution is 5.32. The topological polar surface area (TPSA) is 43.8 Å². The van der Waals surface area contributed by atoms with Crippen LogP contribution in [-0.4, -0.2) is 9.78 Å². The van der Waals surface area contributed by atoms with Crippen molar-refractivity contribution in [2.45, 2.75) is 46.2 Å². The molecule has 0 aliphatic rings. The highest BCUT2D eigenvalue weighted by Crippen LogP contribution is 2.19. The Kier molecular flexibility index (Phi) is 4.05. The van der Waals surface area contributed by atoms with Gasteiger partial charge in [-0.2, -0.15) is 5.10 Å². The highest BCUT2D eigenvalue weighted by atomic mass is 15.3. The molecule has 0 aliphatic heterocycles. The molecule has 3 heteroatoms. The number of hydrogen-bond donors (Lipinski definition) is 1. The fourth-order valence-electron chi connectivity index (χ4n) is 2.11. The predicted molar refractivity (Wildman–Crippen MR) is 79.2 cm³/mol. The van der Waals surface area contributed by atoms with E-state index in [0.717, 1.165) is 12.1 Å². The molecule has 19 heavy (non-hydrogen) atoms. The normalized spacial score (nSPS) is 12.9. The van der Waals surface area contributed by atoms with Crippen molar-refractivity contribution in [1.29, 1.82) is 0 Å². The molecule has 1 unspecified atom stereocenters. The number of nitrogens with two attached hydrogens (primary N) is 1. The van der Waals surface area contributed by atoms with Crippen molar-refractivity contribution < 1.29 is 0 Å². The van der Waals surface area contributed by atoms with Crippen molar-refractivity contribution in [2.24, 2.45) is 5.73 Å². The van der Waals surface area contributed by atoms with Crippen LogP contribution in [0.3, 0.4) is 0 Å². The standard InChI is InChI=1S/C16H23N3/c1-11(2)19-8-7-15(18-19)10-16(17)14-6-5-12(3)13(4)9-14/h5-9,11,16H,10,17H2,1-4H3. The first kappa shape index (κ1) is 13.8. The summed E-state index contributed by atoms with van der Waals surface area (Å²) in [7, 11) is 0. The van der Waals surface area contributed by atoms with E-state index in [4.69, 9.17) is 5.73 Å². The second-order valence-corrected chi connectivity index (χ2v) is 5.54. The van der Waals surface area contributed by atoms with E-state index < -0.39 is 0 Å². The number of benzene rings is 1. The van der Waals surface area contributed by atoms with Crippen molar-refractivity contribution in [1.82, 2.24) is 9.78 Å². The van der Waals surface area contributed by atoms with E-state index >= 15 is 0 Å². The molecular weight excluding hydrogens is 234 g/mol. The van der Waals surface area contributed by atoms with Gasteiger partial charge in [-0.1, -0.05) is 18.2 Å². The molecule has 2 aromatic rings. The summed E-state index contributed by atoms with van der Waals surface area (Å²) in [6, 6.07) is 8.89. The lowest BCUT2D eigenvalue weighted by Crippen LogP contribution is -2.14. The smallest absolute Gasteiger partial charge is 0.0643 e. The molecule has 1 aromatic heterocycles. The number of rotatable bonds is 4. The van der Waals surface area contributed by atoms with E-state index in [1.807, 2.05) is 10.9 Å². The molecule has 0 saturated heterocycles. The van der Waals surface area contributed by atoms with Gasteiger partial charge < -0.3 is 5.73 Å². The Hall–Kier alpha value is -1.61. The second-order valence-electron chi connectivity index (χ2n) is 5.54. The number of nitrogens with zero attached hydrogens (tertiary/aromatic N) is 2. The van der Waals surface area contributed by atoms with Gasteiger partial charge in [0, 0.05) is 24.7 Å². The molecule has 0 fully saturated rings. The number of hydrogen-bond acceptors (Lipinski definition) is 2. The van der Waals surface area contributed by atoms with Crippen molar-refractivity contribution in [3.63, 3.8) is 0 Å². The molecule has 2 rings (SSSR count). The summed E-state index contributed by atoms with van der Waals surface area (Å²) in [5.41, 5.74) is 11.1. The van der Waals surface area contributed by atoms with Crippen LogP contribution in [0.25, 0.3) is 0 Å². The van der Waals surface area contributed by atoms with Crippen LogP contribution >= 0.6 is 0 Å². The van der Waals surface area contributed by atoms with Crippen LogP contribution in [0.4, 0.5) is 0 Å². The molecule has 0 saturated carbocycles. The summed E-state index contributed by atoms with van der Waals surface area (Å²) >= 11 is 0.